The molecule has 1 rings (SSSR count). The molecule has 1 aromatic rings. The van der Waals surface area contributed by atoms with Crippen molar-refractivity contribution < 1.29 is 9.59 Å². The Bertz CT molecular complexity index is 335. The molecule has 0 saturated heterocycles. The van der Waals surface area contributed by atoms with Gasteiger partial charge < -0.3 is 10.1 Å². The number of rotatable bonds is 8. The molecule has 0 atom stereocenters. The van der Waals surface area contributed by atoms with Gasteiger partial charge >= 0.3 is 0 Å². The Balaban J connectivity index is 2.07. The van der Waals surface area contributed by atoms with Gasteiger partial charge in [-0.3, -0.25) is 4.79 Å². The number of amides is 1. The van der Waals surface area contributed by atoms with Crippen molar-refractivity contribution in [2.24, 2.45) is 0 Å². The minimum Gasteiger partial charge on any atom is -0.352 e. The lowest BCUT2D eigenvalue weighted by Gasteiger charge is -2.04. The number of carbonyl (C=O) groups is 2. The van der Waals surface area contributed by atoms with Gasteiger partial charge in [-0.1, -0.05) is 31.0 Å². The van der Waals surface area contributed by atoms with E-state index >= 15 is 0 Å². The summed E-state index contributed by atoms with van der Waals surface area (Å²) in [6.45, 7) is 0.703. The van der Waals surface area contributed by atoms with Gasteiger partial charge in [0, 0.05) is 18.5 Å². The van der Waals surface area contributed by atoms with E-state index < -0.39 is 0 Å². The zero-order chi connectivity index (χ0) is 12.3. The fraction of sp³-hybridized carbons (Fsp3) is 0.429. The molecule has 0 aromatic heterocycles. The number of hydrogen-bond donors (Lipinski definition) is 1. The second kappa shape index (κ2) is 8.50. The van der Waals surface area contributed by atoms with Gasteiger partial charge in [-0.2, -0.15) is 0 Å². The van der Waals surface area contributed by atoms with Crippen molar-refractivity contribution in [1.29, 1.82) is 0 Å². The number of hydrogen-bond acceptors (Lipinski definition) is 2. The van der Waals surface area contributed by atoms with E-state index in [1.807, 2.05) is 18.2 Å². The molecule has 0 heterocycles. The summed E-state index contributed by atoms with van der Waals surface area (Å²) < 4.78 is 0. The van der Waals surface area contributed by atoms with Crippen LogP contribution in [-0.2, 0) is 4.79 Å². The normalized spacial score (nSPS) is 9.88. The van der Waals surface area contributed by atoms with Crippen LogP contribution in [-0.4, -0.2) is 18.7 Å². The van der Waals surface area contributed by atoms with Crippen LogP contribution in [0.4, 0.5) is 0 Å². The van der Waals surface area contributed by atoms with Gasteiger partial charge in [0.05, 0.1) is 0 Å². The Hall–Kier alpha value is -1.64. The summed E-state index contributed by atoms with van der Waals surface area (Å²) in [5.41, 5.74) is 0.702. The van der Waals surface area contributed by atoms with Crippen molar-refractivity contribution in [2.45, 2.75) is 32.1 Å². The van der Waals surface area contributed by atoms with Crippen LogP contribution >= 0.6 is 0 Å². The zero-order valence-electron chi connectivity index (χ0n) is 10.0. The van der Waals surface area contributed by atoms with E-state index in [1.54, 1.807) is 12.1 Å². The van der Waals surface area contributed by atoms with E-state index in [1.165, 1.54) is 0 Å². The average molecular weight is 233 g/mol. The van der Waals surface area contributed by atoms with Crippen molar-refractivity contribution in [1.82, 2.24) is 5.32 Å². The minimum atomic E-state index is -0.0153. The molecule has 3 nitrogen and oxygen atoms in total. The molecule has 17 heavy (non-hydrogen) atoms. The molecule has 0 bridgehead atoms. The lowest BCUT2D eigenvalue weighted by atomic mass is 10.1. The quantitative estimate of drug-likeness (QED) is 0.554. The Labute approximate surface area is 102 Å². The Kier molecular flexibility index (Phi) is 6.72. The van der Waals surface area contributed by atoms with Crippen LogP contribution in [0, 0.1) is 0 Å². The topological polar surface area (TPSA) is 46.2 Å². The van der Waals surface area contributed by atoms with Gasteiger partial charge in [-0.15, -0.1) is 0 Å². The lowest BCUT2D eigenvalue weighted by Crippen LogP contribution is -2.24. The fourth-order valence-electron chi connectivity index (χ4n) is 1.60. The van der Waals surface area contributed by atoms with Gasteiger partial charge in [0.2, 0.25) is 0 Å². The zero-order valence-corrected chi connectivity index (χ0v) is 10.0. The Morgan fingerprint density at radius 1 is 1.06 bits per heavy atom. The largest absolute Gasteiger partial charge is 0.352 e. The summed E-state index contributed by atoms with van der Waals surface area (Å²) >= 11 is 0. The first-order valence-electron chi connectivity index (χ1n) is 6.11. The van der Waals surface area contributed by atoms with Crippen LogP contribution in [0.3, 0.4) is 0 Å². The molecule has 0 unspecified atom stereocenters. The molecule has 0 spiro atoms. The average Bonchev–Trinajstić information content (AvgIpc) is 2.38. The summed E-state index contributed by atoms with van der Waals surface area (Å²) in [6, 6.07) is 9.21. The first kappa shape index (κ1) is 13.4. The molecular formula is C14H19NO2. The molecule has 3 heteroatoms. The SMILES string of the molecule is O=CCCCCCCNC(=O)c1ccccc1. The molecule has 0 aliphatic rings. The molecule has 0 aliphatic carbocycles. The van der Waals surface area contributed by atoms with E-state index in [0.717, 1.165) is 32.0 Å². The van der Waals surface area contributed by atoms with Crippen LogP contribution in [0.5, 0.6) is 0 Å². The minimum absolute atomic E-state index is 0.0153. The number of benzene rings is 1. The van der Waals surface area contributed by atoms with E-state index in [0.29, 0.717) is 18.5 Å². The number of nitrogens with one attached hydrogen (secondary N) is 1. The van der Waals surface area contributed by atoms with Gasteiger partial charge in [0.1, 0.15) is 6.29 Å². The third-order valence-electron chi connectivity index (χ3n) is 2.57. The number of aldehydes is 1. The summed E-state index contributed by atoms with van der Waals surface area (Å²) in [6.07, 6.45) is 5.64. The van der Waals surface area contributed by atoms with Crippen LogP contribution < -0.4 is 5.32 Å². The van der Waals surface area contributed by atoms with Crippen molar-refractivity contribution in [3.8, 4) is 0 Å². The van der Waals surface area contributed by atoms with Crippen LogP contribution in [0.25, 0.3) is 0 Å². The van der Waals surface area contributed by atoms with Crippen LogP contribution in [0.15, 0.2) is 30.3 Å². The molecule has 0 aliphatic heterocycles. The maximum Gasteiger partial charge on any atom is 0.251 e. The predicted molar refractivity (Wildman–Crippen MR) is 67.9 cm³/mol. The highest BCUT2D eigenvalue weighted by atomic mass is 16.1. The number of carbonyl (C=O) groups excluding carboxylic acids is 2. The standard InChI is InChI=1S/C14H19NO2/c16-12-8-3-1-2-7-11-15-14(17)13-9-5-4-6-10-13/h4-6,9-10,12H,1-3,7-8,11H2,(H,15,17). The van der Waals surface area contributed by atoms with Crippen molar-refractivity contribution in [2.75, 3.05) is 6.54 Å². The summed E-state index contributed by atoms with van der Waals surface area (Å²) in [5.74, 6) is -0.0153. The van der Waals surface area contributed by atoms with E-state index in [-0.39, 0.29) is 5.91 Å². The van der Waals surface area contributed by atoms with Crippen molar-refractivity contribution in [3.63, 3.8) is 0 Å². The molecule has 1 amide bonds. The predicted octanol–water partition coefficient (Wildman–Crippen LogP) is 2.57. The monoisotopic (exact) mass is 233 g/mol. The van der Waals surface area contributed by atoms with Gasteiger partial charge in [0.25, 0.3) is 5.91 Å². The Morgan fingerprint density at radius 3 is 2.47 bits per heavy atom. The first-order valence-corrected chi connectivity index (χ1v) is 6.11. The second-order valence-electron chi connectivity index (χ2n) is 3.99. The van der Waals surface area contributed by atoms with E-state index in [4.69, 9.17) is 0 Å². The maximum atomic E-state index is 11.6. The van der Waals surface area contributed by atoms with Crippen molar-refractivity contribution in [3.05, 3.63) is 35.9 Å². The van der Waals surface area contributed by atoms with Gasteiger partial charge in [-0.25, -0.2) is 0 Å². The smallest absolute Gasteiger partial charge is 0.251 e. The molecule has 0 radical (unpaired) electrons. The van der Waals surface area contributed by atoms with E-state index in [9.17, 15) is 9.59 Å². The molecule has 1 N–H and O–H groups in total. The first-order chi connectivity index (χ1) is 8.34. The molecule has 0 saturated carbocycles. The highest BCUT2D eigenvalue weighted by Crippen LogP contribution is 2.01. The molecular weight excluding hydrogens is 214 g/mol. The van der Waals surface area contributed by atoms with Crippen molar-refractivity contribution >= 4 is 12.2 Å². The molecule has 1 aromatic carbocycles. The van der Waals surface area contributed by atoms with Gasteiger partial charge in [0.15, 0.2) is 0 Å². The highest BCUT2D eigenvalue weighted by molar-refractivity contribution is 5.94. The molecule has 0 fully saturated rings. The Morgan fingerprint density at radius 2 is 1.76 bits per heavy atom. The lowest BCUT2D eigenvalue weighted by molar-refractivity contribution is -0.107. The fourth-order valence-corrected chi connectivity index (χ4v) is 1.60. The highest BCUT2D eigenvalue weighted by Gasteiger charge is 2.02. The third-order valence-corrected chi connectivity index (χ3v) is 2.57. The van der Waals surface area contributed by atoms with E-state index in [2.05, 4.69) is 5.32 Å². The molecule has 92 valence electrons. The number of unbranched alkanes of at least 4 members (excludes halogenated alkanes) is 4. The summed E-state index contributed by atoms with van der Waals surface area (Å²) in [7, 11) is 0. The second-order valence-corrected chi connectivity index (χ2v) is 3.99. The maximum absolute atomic E-state index is 11.6. The third kappa shape index (κ3) is 5.85. The van der Waals surface area contributed by atoms with Crippen LogP contribution in [0.2, 0.25) is 0 Å². The summed E-state index contributed by atoms with van der Waals surface area (Å²) in [4.78, 5) is 21.7. The van der Waals surface area contributed by atoms with Crippen LogP contribution in [0.1, 0.15) is 42.5 Å². The summed E-state index contributed by atoms with van der Waals surface area (Å²) in [5, 5.41) is 2.88. The van der Waals surface area contributed by atoms with Gasteiger partial charge in [-0.05, 0) is 25.0 Å².